The number of carbonyl (C=O) groups excluding carboxylic acids is 1. The lowest BCUT2D eigenvalue weighted by Gasteiger charge is -2.25. The summed E-state index contributed by atoms with van der Waals surface area (Å²) in [6.07, 6.45) is 3.59. The van der Waals surface area contributed by atoms with E-state index in [-0.39, 0.29) is 24.2 Å². The van der Waals surface area contributed by atoms with Crippen LogP contribution in [0.25, 0.3) is 0 Å². The van der Waals surface area contributed by atoms with Gasteiger partial charge in [-0.1, -0.05) is 6.92 Å². The summed E-state index contributed by atoms with van der Waals surface area (Å²) in [6, 6.07) is 2.05. The highest BCUT2D eigenvalue weighted by molar-refractivity contribution is 5.92. The number of halogens is 1. The van der Waals surface area contributed by atoms with Crippen LogP contribution >= 0.6 is 12.4 Å². The monoisotopic (exact) mass is 284 g/mol. The van der Waals surface area contributed by atoms with Crippen LogP contribution in [0.2, 0.25) is 0 Å². The first kappa shape index (κ1) is 14.3. The zero-order valence-electron chi connectivity index (χ0n) is 11.2. The van der Waals surface area contributed by atoms with Crippen LogP contribution in [-0.4, -0.2) is 28.8 Å². The third kappa shape index (κ3) is 3.09. The number of nitrogens with one attached hydrogen (secondary N) is 2. The Morgan fingerprint density at radius 2 is 2.26 bits per heavy atom. The number of rotatable bonds is 5. The van der Waals surface area contributed by atoms with E-state index in [2.05, 4.69) is 33.4 Å². The van der Waals surface area contributed by atoms with Crippen molar-refractivity contribution < 1.29 is 4.79 Å². The van der Waals surface area contributed by atoms with Crippen LogP contribution in [0.3, 0.4) is 0 Å². The molecule has 2 fully saturated rings. The Kier molecular flexibility index (Phi) is 4.47. The summed E-state index contributed by atoms with van der Waals surface area (Å²) in [6.45, 7) is 4.66. The summed E-state index contributed by atoms with van der Waals surface area (Å²) in [5, 5.41) is 10.5. The minimum atomic E-state index is 0. The van der Waals surface area contributed by atoms with Gasteiger partial charge in [0.2, 0.25) is 5.91 Å². The summed E-state index contributed by atoms with van der Waals surface area (Å²) < 4.78 is 2.06. The molecule has 2 N–H and O–H groups in total. The van der Waals surface area contributed by atoms with Gasteiger partial charge in [-0.2, -0.15) is 5.10 Å². The molecule has 1 saturated heterocycles. The van der Waals surface area contributed by atoms with E-state index in [9.17, 15) is 4.79 Å². The quantitative estimate of drug-likeness (QED) is 0.866. The maximum absolute atomic E-state index is 11.9. The van der Waals surface area contributed by atoms with Gasteiger partial charge in [-0.05, 0) is 19.3 Å². The van der Waals surface area contributed by atoms with Crippen LogP contribution in [0, 0.1) is 5.92 Å². The fraction of sp³-hybridized carbons (Fsp3) is 0.692. The smallest absolute Gasteiger partial charge is 0.231 e. The van der Waals surface area contributed by atoms with Crippen molar-refractivity contribution in [2.24, 2.45) is 5.92 Å². The zero-order chi connectivity index (χ0) is 12.5. The van der Waals surface area contributed by atoms with E-state index in [1.165, 1.54) is 18.5 Å². The molecule has 19 heavy (non-hydrogen) atoms. The molecule has 3 rings (SSSR count). The summed E-state index contributed by atoms with van der Waals surface area (Å²) in [4.78, 5) is 11.9. The van der Waals surface area contributed by atoms with Gasteiger partial charge in [0.1, 0.15) is 0 Å². The normalized spacial score (nSPS) is 18.6. The molecule has 1 saturated carbocycles. The Bertz CT molecular complexity index is 451. The molecule has 1 aliphatic heterocycles. The average Bonchev–Trinajstić information content (AvgIpc) is 3.01. The SMILES string of the molecule is CCCn1nc(NC(=O)C2CNC2)cc1C1CC1.Cl. The van der Waals surface area contributed by atoms with Crippen LogP contribution in [-0.2, 0) is 11.3 Å². The second-order valence-corrected chi connectivity index (χ2v) is 5.30. The standard InChI is InChI=1S/C13H20N4O.ClH/c1-2-5-17-11(9-3-4-9)6-12(16-17)15-13(18)10-7-14-8-10;/h6,9-10,14H,2-5,7-8H2,1H3,(H,15,16,18);1H. The van der Waals surface area contributed by atoms with Crippen molar-refractivity contribution in [3.63, 3.8) is 0 Å². The lowest BCUT2D eigenvalue weighted by atomic mass is 10.0. The van der Waals surface area contributed by atoms with Crippen LogP contribution in [0.1, 0.15) is 37.8 Å². The summed E-state index contributed by atoms with van der Waals surface area (Å²) >= 11 is 0. The Morgan fingerprint density at radius 1 is 1.53 bits per heavy atom. The second-order valence-electron chi connectivity index (χ2n) is 5.30. The van der Waals surface area contributed by atoms with Gasteiger partial charge < -0.3 is 10.6 Å². The van der Waals surface area contributed by atoms with Gasteiger partial charge in [-0.25, -0.2) is 0 Å². The predicted molar refractivity (Wildman–Crippen MR) is 76.7 cm³/mol. The number of anilines is 1. The van der Waals surface area contributed by atoms with E-state index in [0.717, 1.165) is 31.9 Å². The molecule has 0 aromatic carbocycles. The van der Waals surface area contributed by atoms with Crippen LogP contribution in [0.15, 0.2) is 6.07 Å². The third-order valence-corrected chi connectivity index (χ3v) is 3.65. The number of carbonyl (C=O) groups is 1. The first-order valence-corrected chi connectivity index (χ1v) is 6.87. The highest BCUT2D eigenvalue weighted by Crippen LogP contribution is 2.40. The first-order valence-electron chi connectivity index (χ1n) is 6.87. The number of amides is 1. The van der Waals surface area contributed by atoms with Crippen molar-refractivity contribution in [3.05, 3.63) is 11.8 Å². The Morgan fingerprint density at radius 3 is 2.79 bits per heavy atom. The third-order valence-electron chi connectivity index (χ3n) is 3.65. The molecule has 0 unspecified atom stereocenters. The van der Waals surface area contributed by atoms with Crippen molar-refractivity contribution in [2.75, 3.05) is 18.4 Å². The van der Waals surface area contributed by atoms with Crippen LogP contribution < -0.4 is 10.6 Å². The molecule has 106 valence electrons. The van der Waals surface area contributed by atoms with E-state index in [1.54, 1.807) is 0 Å². The molecule has 1 aliphatic carbocycles. The second kappa shape index (κ2) is 5.92. The first-order chi connectivity index (χ1) is 8.78. The lowest BCUT2D eigenvalue weighted by molar-refractivity contribution is -0.121. The van der Waals surface area contributed by atoms with Crippen molar-refractivity contribution >= 4 is 24.1 Å². The van der Waals surface area contributed by atoms with Gasteiger partial charge in [-0.3, -0.25) is 9.48 Å². The van der Waals surface area contributed by atoms with Crippen molar-refractivity contribution in [1.29, 1.82) is 0 Å². The fourth-order valence-electron chi connectivity index (χ4n) is 2.29. The molecule has 0 atom stereocenters. The molecule has 5 nitrogen and oxygen atoms in total. The largest absolute Gasteiger partial charge is 0.315 e. The molecule has 0 bridgehead atoms. The van der Waals surface area contributed by atoms with E-state index in [4.69, 9.17) is 0 Å². The molecule has 6 heteroatoms. The zero-order valence-corrected chi connectivity index (χ0v) is 12.0. The topological polar surface area (TPSA) is 59.0 Å². The van der Waals surface area contributed by atoms with Gasteiger partial charge in [0.15, 0.2) is 5.82 Å². The Labute approximate surface area is 119 Å². The van der Waals surface area contributed by atoms with E-state index >= 15 is 0 Å². The summed E-state index contributed by atoms with van der Waals surface area (Å²) in [5.41, 5.74) is 1.29. The molecular weight excluding hydrogens is 264 g/mol. The number of hydrogen-bond acceptors (Lipinski definition) is 3. The number of aryl methyl sites for hydroxylation is 1. The van der Waals surface area contributed by atoms with Crippen molar-refractivity contribution in [2.45, 2.75) is 38.6 Å². The molecule has 0 radical (unpaired) electrons. The Hall–Kier alpha value is -1.07. The molecule has 0 spiro atoms. The number of aromatic nitrogens is 2. The van der Waals surface area contributed by atoms with Crippen molar-refractivity contribution in [3.8, 4) is 0 Å². The highest BCUT2D eigenvalue weighted by atomic mass is 35.5. The van der Waals surface area contributed by atoms with Gasteiger partial charge in [0.05, 0.1) is 5.92 Å². The van der Waals surface area contributed by atoms with Crippen LogP contribution in [0.5, 0.6) is 0 Å². The molecule has 1 aromatic rings. The fourth-order valence-corrected chi connectivity index (χ4v) is 2.29. The minimum Gasteiger partial charge on any atom is -0.315 e. The van der Waals surface area contributed by atoms with E-state index < -0.39 is 0 Å². The highest BCUT2D eigenvalue weighted by Gasteiger charge is 2.29. The maximum Gasteiger partial charge on any atom is 0.231 e. The minimum absolute atomic E-state index is 0. The molecule has 2 heterocycles. The van der Waals surface area contributed by atoms with Crippen LogP contribution in [0.4, 0.5) is 5.82 Å². The van der Waals surface area contributed by atoms with Gasteiger partial charge >= 0.3 is 0 Å². The van der Waals surface area contributed by atoms with Gasteiger partial charge in [-0.15, -0.1) is 12.4 Å². The van der Waals surface area contributed by atoms with Gasteiger partial charge in [0, 0.05) is 37.3 Å². The van der Waals surface area contributed by atoms with E-state index in [0.29, 0.717) is 5.92 Å². The van der Waals surface area contributed by atoms with Crippen molar-refractivity contribution in [1.82, 2.24) is 15.1 Å². The van der Waals surface area contributed by atoms with Gasteiger partial charge in [0.25, 0.3) is 0 Å². The summed E-state index contributed by atoms with van der Waals surface area (Å²) in [5.74, 6) is 1.60. The molecular formula is C13H21ClN4O. The Balaban J connectivity index is 0.00000133. The molecule has 2 aliphatic rings. The predicted octanol–water partition coefficient (Wildman–Crippen LogP) is 1.75. The number of nitrogens with zero attached hydrogens (tertiary/aromatic N) is 2. The maximum atomic E-state index is 11.9. The molecule has 1 aromatic heterocycles. The number of hydrogen-bond donors (Lipinski definition) is 2. The van der Waals surface area contributed by atoms with E-state index in [1.807, 2.05) is 0 Å². The molecule has 1 amide bonds. The lowest BCUT2D eigenvalue weighted by Crippen LogP contribution is -2.48. The average molecular weight is 285 g/mol. The summed E-state index contributed by atoms with van der Waals surface area (Å²) in [7, 11) is 0.